The number of nitrogens with two attached hydrogens (primary N) is 1. The van der Waals surface area contributed by atoms with Gasteiger partial charge in [-0.25, -0.2) is 0 Å². The van der Waals surface area contributed by atoms with Gasteiger partial charge in [-0.05, 0) is 18.3 Å². The van der Waals surface area contributed by atoms with E-state index >= 15 is 0 Å². The van der Waals surface area contributed by atoms with Gasteiger partial charge in [0.25, 0.3) is 0 Å². The minimum absolute atomic E-state index is 0.576. The van der Waals surface area contributed by atoms with Gasteiger partial charge in [-0.3, -0.25) is 4.99 Å². The topological polar surface area (TPSA) is 41.6 Å². The van der Waals surface area contributed by atoms with Crippen LogP contribution in [-0.4, -0.2) is 31.0 Å². The fourth-order valence-corrected chi connectivity index (χ4v) is 0.963. The van der Waals surface area contributed by atoms with Crippen molar-refractivity contribution in [1.29, 1.82) is 0 Å². The summed E-state index contributed by atoms with van der Waals surface area (Å²) < 4.78 is 0. The molecule has 0 aromatic carbocycles. The van der Waals surface area contributed by atoms with Gasteiger partial charge in [0.15, 0.2) is 5.96 Å². The quantitative estimate of drug-likeness (QED) is 0.543. The maximum absolute atomic E-state index is 5.83. The summed E-state index contributed by atoms with van der Waals surface area (Å²) in [5.41, 5.74) is 5.83. The molecule has 0 bridgehead atoms. The van der Waals surface area contributed by atoms with Gasteiger partial charge >= 0.3 is 0 Å². The standard InChI is InChI=1S/C11H25N3/c1-9(2)6-7-14(5)11(12)13-8-10(3)4/h9-10H,6-8H2,1-5H3,(H2,12,13). The van der Waals surface area contributed by atoms with Crippen LogP contribution in [0.2, 0.25) is 0 Å². The lowest BCUT2D eigenvalue weighted by molar-refractivity contribution is 0.431. The van der Waals surface area contributed by atoms with Crippen LogP contribution in [-0.2, 0) is 0 Å². The maximum Gasteiger partial charge on any atom is 0.190 e. The normalized spacial score (nSPS) is 12.6. The first kappa shape index (κ1) is 13.3. The molecule has 0 aliphatic rings. The van der Waals surface area contributed by atoms with Crippen LogP contribution in [0.3, 0.4) is 0 Å². The second-order valence-corrected chi connectivity index (χ2v) is 4.70. The summed E-state index contributed by atoms with van der Waals surface area (Å²) in [7, 11) is 2.00. The van der Waals surface area contributed by atoms with E-state index in [1.165, 1.54) is 0 Å². The Morgan fingerprint density at radius 1 is 1.21 bits per heavy atom. The Morgan fingerprint density at radius 3 is 2.21 bits per heavy atom. The van der Waals surface area contributed by atoms with Gasteiger partial charge in [0.1, 0.15) is 0 Å². The molecule has 0 fully saturated rings. The molecule has 0 unspecified atom stereocenters. The first-order valence-corrected chi connectivity index (χ1v) is 5.44. The third kappa shape index (κ3) is 6.75. The summed E-state index contributed by atoms with van der Waals surface area (Å²) >= 11 is 0. The number of rotatable bonds is 5. The number of guanidine groups is 1. The van der Waals surface area contributed by atoms with Gasteiger partial charge in [-0.1, -0.05) is 27.7 Å². The van der Waals surface area contributed by atoms with Gasteiger partial charge in [-0.2, -0.15) is 0 Å². The Labute approximate surface area is 88.4 Å². The van der Waals surface area contributed by atoms with Gasteiger partial charge in [0, 0.05) is 20.1 Å². The Hall–Kier alpha value is -0.730. The lowest BCUT2D eigenvalue weighted by Crippen LogP contribution is -2.35. The van der Waals surface area contributed by atoms with E-state index in [0.717, 1.165) is 25.4 Å². The second-order valence-electron chi connectivity index (χ2n) is 4.70. The summed E-state index contributed by atoms with van der Waals surface area (Å²) in [4.78, 5) is 6.35. The van der Waals surface area contributed by atoms with E-state index in [9.17, 15) is 0 Å². The van der Waals surface area contributed by atoms with Gasteiger partial charge in [0.05, 0.1) is 0 Å². The molecular formula is C11H25N3. The van der Waals surface area contributed by atoms with Crippen LogP contribution in [0.5, 0.6) is 0 Å². The van der Waals surface area contributed by atoms with E-state index in [-0.39, 0.29) is 0 Å². The molecule has 0 aromatic heterocycles. The van der Waals surface area contributed by atoms with Crippen molar-refractivity contribution in [3.05, 3.63) is 0 Å². The molecule has 0 spiro atoms. The molecular weight excluding hydrogens is 174 g/mol. The van der Waals surface area contributed by atoms with Crippen molar-refractivity contribution in [2.45, 2.75) is 34.1 Å². The largest absolute Gasteiger partial charge is 0.370 e. The van der Waals surface area contributed by atoms with Crippen molar-refractivity contribution in [3.8, 4) is 0 Å². The third-order valence-electron chi connectivity index (χ3n) is 2.05. The highest BCUT2D eigenvalue weighted by Crippen LogP contribution is 2.00. The maximum atomic E-state index is 5.83. The zero-order chi connectivity index (χ0) is 11.1. The van der Waals surface area contributed by atoms with Crippen LogP contribution in [0.4, 0.5) is 0 Å². The monoisotopic (exact) mass is 199 g/mol. The predicted octanol–water partition coefficient (Wildman–Crippen LogP) is 1.93. The Kier molecular flexibility index (Phi) is 6.34. The predicted molar refractivity (Wildman–Crippen MR) is 63.4 cm³/mol. The number of nitrogens with zero attached hydrogens (tertiary/aromatic N) is 2. The van der Waals surface area contributed by atoms with Gasteiger partial charge in [-0.15, -0.1) is 0 Å². The number of hydrogen-bond acceptors (Lipinski definition) is 1. The molecule has 3 heteroatoms. The molecule has 0 rings (SSSR count). The van der Waals surface area contributed by atoms with Gasteiger partial charge < -0.3 is 10.6 Å². The molecule has 0 atom stereocenters. The van der Waals surface area contributed by atoms with Crippen molar-refractivity contribution in [3.63, 3.8) is 0 Å². The van der Waals surface area contributed by atoms with Crippen LogP contribution in [0.25, 0.3) is 0 Å². The summed E-state index contributed by atoms with van der Waals surface area (Å²) in [6.07, 6.45) is 1.16. The molecule has 0 aliphatic heterocycles. The zero-order valence-electron chi connectivity index (χ0n) is 10.2. The van der Waals surface area contributed by atoms with E-state index in [1.54, 1.807) is 0 Å². The summed E-state index contributed by atoms with van der Waals surface area (Å²) in [6.45, 7) is 10.5. The summed E-state index contributed by atoms with van der Waals surface area (Å²) in [6, 6.07) is 0. The van der Waals surface area contributed by atoms with Crippen LogP contribution >= 0.6 is 0 Å². The smallest absolute Gasteiger partial charge is 0.190 e. The van der Waals surface area contributed by atoms with Crippen molar-refractivity contribution in [2.75, 3.05) is 20.1 Å². The highest BCUT2D eigenvalue weighted by molar-refractivity contribution is 5.77. The van der Waals surface area contributed by atoms with Crippen molar-refractivity contribution < 1.29 is 0 Å². The average molecular weight is 199 g/mol. The highest BCUT2D eigenvalue weighted by atomic mass is 15.2. The lowest BCUT2D eigenvalue weighted by Gasteiger charge is -2.19. The molecule has 14 heavy (non-hydrogen) atoms. The minimum Gasteiger partial charge on any atom is -0.370 e. The van der Waals surface area contributed by atoms with Crippen LogP contribution in [0.1, 0.15) is 34.1 Å². The molecule has 84 valence electrons. The molecule has 0 aliphatic carbocycles. The second kappa shape index (κ2) is 6.68. The molecule has 0 radical (unpaired) electrons. The average Bonchev–Trinajstić information content (AvgIpc) is 2.09. The van der Waals surface area contributed by atoms with Crippen LogP contribution in [0.15, 0.2) is 4.99 Å². The fourth-order valence-electron chi connectivity index (χ4n) is 0.963. The first-order valence-electron chi connectivity index (χ1n) is 5.44. The van der Waals surface area contributed by atoms with Crippen LogP contribution in [0, 0.1) is 11.8 Å². The van der Waals surface area contributed by atoms with E-state index in [2.05, 4.69) is 32.7 Å². The Bertz CT molecular complexity index is 173. The van der Waals surface area contributed by atoms with Crippen molar-refractivity contribution in [2.24, 2.45) is 22.6 Å². The Morgan fingerprint density at radius 2 is 1.79 bits per heavy atom. The number of aliphatic imine (C=N–C) groups is 1. The molecule has 0 heterocycles. The lowest BCUT2D eigenvalue weighted by atomic mass is 10.1. The molecule has 0 aromatic rings. The van der Waals surface area contributed by atoms with Gasteiger partial charge in [0.2, 0.25) is 0 Å². The summed E-state index contributed by atoms with van der Waals surface area (Å²) in [5, 5.41) is 0. The fraction of sp³-hybridized carbons (Fsp3) is 0.909. The third-order valence-corrected chi connectivity index (χ3v) is 2.05. The van der Waals surface area contributed by atoms with Crippen molar-refractivity contribution >= 4 is 5.96 Å². The first-order chi connectivity index (χ1) is 6.43. The highest BCUT2D eigenvalue weighted by Gasteiger charge is 2.03. The molecule has 0 saturated carbocycles. The van der Waals surface area contributed by atoms with Crippen LogP contribution < -0.4 is 5.73 Å². The number of hydrogen-bond donors (Lipinski definition) is 1. The minimum atomic E-state index is 0.576. The molecule has 2 N–H and O–H groups in total. The van der Waals surface area contributed by atoms with Crippen molar-refractivity contribution in [1.82, 2.24) is 4.90 Å². The zero-order valence-corrected chi connectivity index (χ0v) is 10.2. The molecule has 0 amide bonds. The SMILES string of the molecule is CC(C)CCN(C)C(N)=NCC(C)C. The Balaban J connectivity index is 3.85. The van der Waals surface area contributed by atoms with E-state index in [1.807, 2.05) is 11.9 Å². The van der Waals surface area contributed by atoms with E-state index in [4.69, 9.17) is 5.73 Å². The molecule has 3 nitrogen and oxygen atoms in total. The summed E-state index contributed by atoms with van der Waals surface area (Å²) in [5.74, 6) is 1.96. The van der Waals surface area contributed by atoms with E-state index in [0.29, 0.717) is 11.9 Å². The molecule has 0 saturated heterocycles. The van der Waals surface area contributed by atoms with E-state index < -0.39 is 0 Å².